The lowest BCUT2D eigenvalue weighted by atomic mass is 9.99. The van der Waals surface area contributed by atoms with Crippen molar-refractivity contribution in [2.75, 3.05) is 19.5 Å². The third kappa shape index (κ3) is 9.76. The van der Waals surface area contributed by atoms with Crippen LogP contribution in [0.3, 0.4) is 0 Å². The second kappa shape index (κ2) is 15.4. The number of aliphatic carboxylic acids is 1. The minimum absolute atomic E-state index is 0.0783. The van der Waals surface area contributed by atoms with Gasteiger partial charge in [0.2, 0.25) is 5.91 Å². The van der Waals surface area contributed by atoms with Crippen molar-refractivity contribution in [2.45, 2.75) is 71.3 Å². The second-order valence-corrected chi connectivity index (χ2v) is 9.11. The van der Waals surface area contributed by atoms with Crippen LogP contribution >= 0.6 is 11.6 Å². The summed E-state index contributed by atoms with van der Waals surface area (Å²) in [5.74, 6) is 0.597. The summed E-state index contributed by atoms with van der Waals surface area (Å²) in [6.07, 6.45) is 7.53. The zero-order chi connectivity index (χ0) is 24.8. The summed E-state index contributed by atoms with van der Waals surface area (Å²) in [5, 5.41) is 9.00. The molecule has 0 fully saturated rings. The van der Waals surface area contributed by atoms with E-state index in [4.69, 9.17) is 21.4 Å². The number of carboxylic acid groups (broad SMARTS) is 1. The van der Waals surface area contributed by atoms with Crippen LogP contribution in [-0.4, -0.2) is 41.4 Å². The number of hydrogen-bond donors (Lipinski definition) is 1. The van der Waals surface area contributed by atoms with E-state index in [0.717, 1.165) is 47.3 Å². The van der Waals surface area contributed by atoms with Crippen LogP contribution in [0.2, 0.25) is 0 Å². The Morgan fingerprint density at radius 2 is 1.76 bits per heavy atom. The maximum Gasteiger partial charge on any atom is 0.303 e. The molecule has 2 rings (SSSR count). The van der Waals surface area contributed by atoms with Gasteiger partial charge in [-0.3, -0.25) is 9.59 Å². The summed E-state index contributed by atoms with van der Waals surface area (Å²) in [4.78, 5) is 25.3. The van der Waals surface area contributed by atoms with Crippen molar-refractivity contribution in [3.8, 4) is 16.9 Å². The lowest BCUT2D eigenvalue weighted by Crippen LogP contribution is -2.25. The Balaban J connectivity index is 2.11. The number of ether oxygens (including phenoxy) is 1. The van der Waals surface area contributed by atoms with Crippen LogP contribution in [0.5, 0.6) is 5.75 Å². The van der Waals surface area contributed by atoms with E-state index in [1.165, 1.54) is 19.3 Å². The molecule has 0 saturated heterocycles. The Bertz CT molecular complexity index is 915. The SMILES string of the molecule is CCCCCCCC(=O)N(C)Cc1cccc(-c2ccc(CCC(=O)O)cc2OCCCCl)c1. The summed E-state index contributed by atoms with van der Waals surface area (Å²) < 4.78 is 6.01. The number of amides is 1. The fourth-order valence-corrected chi connectivity index (χ4v) is 3.95. The molecule has 0 radical (unpaired) electrons. The average molecular weight is 488 g/mol. The van der Waals surface area contributed by atoms with E-state index >= 15 is 0 Å². The molecule has 0 aliphatic heterocycles. The van der Waals surface area contributed by atoms with E-state index in [1.54, 1.807) is 4.90 Å². The van der Waals surface area contributed by atoms with Gasteiger partial charge in [-0.25, -0.2) is 0 Å². The quantitative estimate of drug-likeness (QED) is 0.211. The van der Waals surface area contributed by atoms with E-state index in [1.807, 2.05) is 43.4 Å². The summed E-state index contributed by atoms with van der Waals surface area (Å²) in [6, 6.07) is 14.0. The van der Waals surface area contributed by atoms with Gasteiger partial charge in [0, 0.05) is 37.9 Å². The number of unbranched alkanes of at least 4 members (excludes halogenated alkanes) is 4. The smallest absolute Gasteiger partial charge is 0.303 e. The Morgan fingerprint density at radius 1 is 0.971 bits per heavy atom. The second-order valence-electron chi connectivity index (χ2n) is 8.73. The van der Waals surface area contributed by atoms with Crippen LogP contribution < -0.4 is 4.74 Å². The van der Waals surface area contributed by atoms with E-state index in [-0.39, 0.29) is 12.3 Å². The zero-order valence-electron chi connectivity index (χ0n) is 20.5. The molecule has 6 heteroatoms. The molecule has 0 spiro atoms. The summed E-state index contributed by atoms with van der Waals surface area (Å²) >= 11 is 5.81. The fraction of sp³-hybridized carbons (Fsp3) is 0.500. The molecule has 1 amide bonds. The van der Waals surface area contributed by atoms with Crippen molar-refractivity contribution in [1.82, 2.24) is 4.90 Å². The zero-order valence-corrected chi connectivity index (χ0v) is 21.3. The molecule has 186 valence electrons. The Morgan fingerprint density at radius 3 is 2.50 bits per heavy atom. The van der Waals surface area contributed by atoms with E-state index < -0.39 is 5.97 Å². The average Bonchev–Trinajstić information content (AvgIpc) is 2.83. The molecule has 0 bridgehead atoms. The van der Waals surface area contributed by atoms with Crippen LogP contribution in [-0.2, 0) is 22.6 Å². The number of halogens is 1. The summed E-state index contributed by atoms with van der Waals surface area (Å²) in [5.41, 5.74) is 3.93. The molecule has 0 saturated carbocycles. The standard InChI is InChI=1S/C28H38ClNO4/c1-3-4-5-6-7-12-27(31)30(2)21-23-10-8-11-24(19-23)25-15-13-22(14-16-28(32)33)20-26(25)34-18-9-17-29/h8,10-11,13,15,19-20H,3-7,9,12,14,16-18,21H2,1-2H3,(H,32,33). The number of alkyl halides is 1. The van der Waals surface area contributed by atoms with Crippen LogP contribution in [0.4, 0.5) is 0 Å². The van der Waals surface area contributed by atoms with Gasteiger partial charge in [-0.15, -0.1) is 11.6 Å². The number of hydrogen-bond acceptors (Lipinski definition) is 3. The minimum atomic E-state index is -0.819. The number of aryl methyl sites for hydroxylation is 1. The number of rotatable bonds is 16. The number of benzene rings is 2. The van der Waals surface area contributed by atoms with Crippen LogP contribution in [0.1, 0.15) is 69.4 Å². The first kappa shape index (κ1) is 27.7. The molecule has 0 aliphatic carbocycles. The maximum atomic E-state index is 12.5. The van der Waals surface area contributed by atoms with E-state index in [9.17, 15) is 9.59 Å². The lowest BCUT2D eigenvalue weighted by Gasteiger charge is -2.18. The predicted molar refractivity (Wildman–Crippen MR) is 139 cm³/mol. The minimum Gasteiger partial charge on any atom is -0.493 e. The largest absolute Gasteiger partial charge is 0.493 e. The number of carbonyl (C=O) groups is 2. The molecule has 0 unspecified atom stereocenters. The highest BCUT2D eigenvalue weighted by molar-refractivity contribution is 6.17. The van der Waals surface area contributed by atoms with Crippen LogP contribution in [0.25, 0.3) is 11.1 Å². The van der Waals surface area contributed by atoms with Crippen molar-refractivity contribution in [3.63, 3.8) is 0 Å². The van der Waals surface area contributed by atoms with Gasteiger partial charge < -0.3 is 14.7 Å². The highest BCUT2D eigenvalue weighted by Crippen LogP contribution is 2.32. The monoisotopic (exact) mass is 487 g/mol. The van der Waals surface area contributed by atoms with Crippen LogP contribution in [0.15, 0.2) is 42.5 Å². The van der Waals surface area contributed by atoms with E-state index in [0.29, 0.717) is 31.9 Å². The van der Waals surface area contributed by atoms with Gasteiger partial charge in [0.05, 0.1) is 6.61 Å². The molecule has 34 heavy (non-hydrogen) atoms. The normalized spacial score (nSPS) is 10.8. The molecule has 2 aromatic rings. The highest BCUT2D eigenvalue weighted by Gasteiger charge is 2.12. The Hall–Kier alpha value is -2.53. The first-order chi connectivity index (χ1) is 16.4. The van der Waals surface area contributed by atoms with Gasteiger partial charge in [0.15, 0.2) is 0 Å². The van der Waals surface area contributed by atoms with Gasteiger partial charge in [0.1, 0.15) is 5.75 Å². The van der Waals surface area contributed by atoms with Crippen LogP contribution in [0, 0.1) is 0 Å². The number of nitrogens with zero attached hydrogens (tertiary/aromatic N) is 1. The first-order valence-electron chi connectivity index (χ1n) is 12.3. The third-order valence-electron chi connectivity index (χ3n) is 5.79. The third-order valence-corrected chi connectivity index (χ3v) is 6.05. The van der Waals surface area contributed by atoms with Crippen molar-refractivity contribution in [2.24, 2.45) is 0 Å². The number of carboxylic acids is 1. The molecule has 0 aromatic heterocycles. The van der Waals surface area contributed by atoms with Gasteiger partial charge in [-0.1, -0.05) is 62.9 Å². The first-order valence-corrected chi connectivity index (χ1v) is 12.8. The van der Waals surface area contributed by atoms with E-state index in [2.05, 4.69) is 13.0 Å². The van der Waals surface area contributed by atoms with Crippen molar-refractivity contribution in [1.29, 1.82) is 0 Å². The van der Waals surface area contributed by atoms with Gasteiger partial charge in [-0.05, 0) is 48.1 Å². The topological polar surface area (TPSA) is 66.8 Å². The van der Waals surface area contributed by atoms with Crippen molar-refractivity contribution >= 4 is 23.5 Å². The lowest BCUT2D eigenvalue weighted by molar-refractivity contribution is -0.137. The molecular formula is C28H38ClNO4. The summed E-state index contributed by atoms with van der Waals surface area (Å²) in [7, 11) is 1.86. The summed E-state index contributed by atoms with van der Waals surface area (Å²) in [6.45, 7) is 3.24. The molecule has 5 nitrogen and oxygen atoms in total. The maximum absolute atomic E-state index is 12.5. The van der Waals surface area contributed by atoms with Crippen molar-refractivity contribution in [3.05, 3.63) is 53.6 Å². The molecule has 1 N–H and O–H groups in total. The molecule has 2 aromatic carbocycles. The Kier molecular flexibility index (Phi) is 12.5. The number of carbonyl (C=O) groups excluding carboxylic acids is 1. The highest BCUT2D eigenvalue weighted by atomic mass is 35.5. The molecule has 0 heterocycles. The Labute approximate surface area is 209 Å². The predicted octanol–water partition coefficient (Wildman–Crippen LogP) is 6.70. The molecular weight excluding hydrogens is 450 g/mol. The van der Waals surface area contributed by atoms with Gasteiger partial charge >= 0.3 is 5.97 Å². The fourth-order valence-electron chi connectivity index (χ4n) is 3.84. The molecule has 0 aliphatic rings. The van der Waals surface area contributed by atoms with Gasteiger partial charge in [-0.2, -0.15) is 0 Å². The van der Waals surface area contributed by atoms with Crippen molar-refractivity contribution < 1.29 is 19.4 Å². The molecule has 0 atom stereocenters. The van der Waals surface area contributed by atoms with Gasteiger partial charge in [0.25, 0.3) is 0 Å².